The maximum absolute atomic E-state index is 12.5. The SMILES string of the molecule is C=C(Cc1c(O)c(C(=O)OC)cc2ccccc12)Cc1c(O)c(O)c(CC(=C)Cc2c(O)c(C(=O)OC)cc3ccccc23)c2ccccc12. The fraction of sp³-hybridized carbons (Fsp3) is 0.143. The Morgan fingerprint density at radius 1 is 0.500 bits per heavy atom. The van der Waals surface area contributed by atoms with E-state index in [1.807, 2.05) is 72.8 Å². The second-order valence-corrected chi connectivity index (χ2v) is 12.3. The largest absolute Gasteiger partial charge is 0.507 e. The monoisotopic (exact) mass is 668 g/mol. The van der Waals surface area contributed by atoms with Crippen molar-refractivity contribution in [3.05, 3.63) is 143 Å². The number of hydrogen-bond donors (Lipinski definition) is 4. The number of phenolic OH excluding ortho intramolecular Hbond substituents is 4. The van der Waals surface area contributed by atoms with E-state index >= 15 is 0 Å². The Bertz CT molecular complexity index is 2200. The first kappa shape index (κ1) is 33.6. The summed E-state index contributed by atoms with van der Waals surface area (Å²) in [4.78, 5) is 24.9. The van der Waals surface area contributed by atoms with Crippen molar-refractivity contribution < 1.29 is 39.5 Å². The standard InChI is InChI=1S/C42H36O8/c1-23(17-31-27-13-7-5-11-25(27)21-35(37(31)43)41(47)49-3)19-33-29-15-9-10-16-30(29)34(40(46)39(33)45)20-24(2)18-32-28-14-8-6-12-26(28)22-36(38(32)44)42(48)50-4/h5-16,21-22,43-46H,1-2,17-20H2,3-4H3. The Morgan fingerprint density at radius 3 is 1.14 bits per heavy atom. The lowest BCUT2D eigenvalue weighted by molar-refractivity contribution is 0.0588. The third-order valence-electron chi connectivity index (χ3n) is 9.14. The molecule has 0 saturated carbocycles. The van der Waals surface area contributed by atoms with E-state index in [0.29, 0.717) is 44.2 Å². The predicted octanol–water partition coefficient (Wildman–Crippen LogP) is 8.22. The van der Waals surface area contributed by atoms with Crippen LogP contribution in [0, 0.1) is 0 Å². The van der Waals surface area contributed by atoms with Crippen molar-refractivity contribution in [2.24, 2.45) is 0 Å². The van der Waals surface area contributed by atoms with Gasteiger partial charge >= 0.3 is 11.9 Å². The van der Waals surface area contributed by atoms with Gasteiger partial charge in [-0.15, -0.1) is 0 Å². The second kappa shape index (κ2) is 13.7. The van der Waals surface area contributed by atoms with Crippen molar-refractivity contribution in [2.45, 2.75) is 25.7 Å². The molecule has 0 aliphatic carbocycles. The quantitative estimate of drug-likeness (QED) is 0.0652. The Kier molecular flexibility index (Phi) is 9.20. The van der Waals surface area contributed by atoms with E-state index in [-0.39, 0.29) is 59.8 Å². The molecular weight excluding hydrogens is 632 g/mol. The molecule has 8 heteroatoms. The Hall–Kier alpha value is -6.28. The van der Waals surface area contributed by atoms with Gasteiger partial charge in [0.1, 0.15) is 22.6 Å². The van der Waals surface area contributed by atoms with Gasteiger partial charge in [0.05, 0.1) is 14.2 Å². The van der Waals surface area contributed by atoms with Gasteiger partial charge in [-0.25, -0.2) is 9.59 Å². The van der Waals surface area contributed by atoms with Gasteiger partial charge in [0.2, 0.25) is 0 Å². The zero-order chi connectivity index (χ0) is 35.7. The molecule has 6 rings (SSSR count). The molecule has 252 valence electrons. The lowest BCUT2D eigenvalue weighted by Crippen LogP contribution is -2.06. The van der Waals surface area contributed by atoms with E-state index in [9.17, 15) is 30.0 Å². The van der Waals surface area contributed by atoms with E-state index < -0.39 is 11.9 Å². The maximum atomic E-state index is 12.5. The highest BCUT2D eigenvalue weighted by Gasteiger charge is 2.24. The van der Waals surface area contributed by atoms with E-state index in [1.165, 1.54) is 14.2 Å². The third kappa shape index (κ3) is 6.07. The van der Waals surface area contributed by atoms with Crippen molar-refractivity contribution >= 4 is 44.3 Å². The molecule has 0 unspecified atom stereocenters. The molecule has 0 saturated heterocycles. The van der Waals surface area contributed by atoms with Crippen LogP contribution in [0.15, 0.2) is 109 Å². The summed E-state index contributed by atoms with van der Waals surface area (Å²) in [6.45, 7) is 8.50. The summed E-state index contributed by atoms with van der Waals surface area (Å²) >= 11 is 0. The lowest BCUT2D eigenvalue weighted by Gasteiger charge is -2.19. The first-order chi connectivity index (χ1) is 24.0. The molecule has 0 heterocycles. The number of esters is 2. The van der Waals surface area contributed by atoms with Gasteiger partial charge in [-0.3, -0.25) is 0 Å². The van der Waals surface area contributed by atoms with E-state index in [4.69, 9.17) is 9.47 Å². The zero-order valence-corrected chi connectivity index (χ0v) is 27.7. The topological polar surface area (TPSA) is 134 Å². The third-order valence-corrected chi connectivity index (χ3v) is 9.14. The van der Waals surface area contributed by atoms with Crippen molar-refractivity contribution in [2.75, 3.05) is 14.2 Å². The smallest absolute Gasteiger partial charge is 0.341 e. The van der Waals surface area contributed by atoms with Crippen LogP contribution in [0.25, 0.3) is 32.3 Å². The number of ether oxygens (including phenoxy) is 2. The van der Waals surface area contributed by atoms with Gasteiger partial charge in [0.15, 0.2) is 11.5 Å². The fourth-order valence-corrected chi connectivity index (χ4v) is 6.75. The number of allylic oxidation sites excluding steroid dienone is 2. The molecule has 0 radical (unpaired) electrons. The number of rotatable bonds is 10. The van der Waals surface area contributed by atoms with E-state index in [1.54, 1.807) is 12.1 Å². The van der Waals surface area contributed by atoms with Gasteiger partial charge < -0.3 is 29.9 Å². The molecule has 0 fully saturated rings. The lowest BCUT2D eigenvalue weighted by atomic mass is 9.87. The van der Waals surface area contributed by atoms with Crippen molar-refractivity contribution in [1.29, 1.82) is 0 Å². The molecule has 50 heavy (non-hydrogen) atoms. The van der Waals surface area contributed by atoms with E-state index in [0.717, 1.165) is 21.5 Å². The van der Waals surface area contributed by atoms with Crippen LogP contribution in [0.3, 0.4) is 0 Å². The van der Waals surface area contributed by atoms with Crippen LogP contribution >= 0.6 is 0 Å². The molecule has 0 spiro atoms. The normalized spacial score (nSPS) is 11.2. The van der Waals surface area contributed by atoms with Crippen molar-refractivity contribution in [1.82, 2.24) is 0 Å². The molecule has 6 aromatic rings. The molecule has 0 aliphatic rings. The van der Waals surface area contributed by atoms with Crippen LogP contribution in [0.4, 0.5) is 0 Å². The Balaban J connectivity index is 1.34. The molecule has 8 nitrogen and oxygen atoms in total. The molecule has 4 N–H and O–H groups in total. The number of benzene rings is 6. The van der Waals surface area contributed by atoms with Gasteiger partial charge in [-0.05, 0) is 70.1 Å². The van der Waals surface area contributed by atoms with Gasteiger partial charge in [0.25, 0.3) is 0 Å². The van der Waals surface area contributed by atoms with E-state index in [2.05, 4.69) is 13.2 Å². The summed E-state index contributed by atoms with van der Waals surface area (Å²) in [5.74, 6) is -2.32. The minimum atomic E-state index is -0.662. The molecular formula is C42H36O8. The number of methoxy groups -OCH3 is 2. The zero-order valence-electron chi connectivity index (χ0n) is 27.7. The summed E-state index contributed by atoms with van der Waals surface area (Å²) in [6.07, 6.45) is 0.702. The number of hydrogen-bond acceptors (Lipinski definition) is 8. The minimum absolute atomic E-state index is 0.0443. The second-order valence-electron chi connectivity index (χ2n) is 12.3. The maximum Gasteiger partial charge on any atom is 0.341 e. The van der Waals surface area contributed by atoms with Crippen LogP contribution in [0.2, 0.25) is 0 Å². The minimum Gasteiger partial charge on any atom is -0.507 e. The number of phenols is 4. The fourth-order valence-electron chi connectivity index (χ4n) is 6.75. The Labute approximate surface area is 288 Å². The molecule has 0 atom stereocenters. The van der Waals surface area contributed by atoms with Gasteiger partial charge in [-0.2, -0.15) is 0 Å². The molecule has 6 aromatic carbocycles. The summed E-state index contributed by atoms with van der Waals surface area (Å²) in [7, 11) is 2.51. The Morgan fingerprint density at radius 2 is 0.800 bits per heavy atom. The van der Waals surface area contributed by atoms with Crippen LogP contribution < -0.4 is 0 Å². The molecule has 0 amide bonds. The number of fused-ring (bicyclic) bond motifs is 3. The highest BCUT2D eigenvalue weighted by molar-refractivity contribution is 6.02. The van der Waals surface area contributed by atoms with Gasteiger partial charge in [0, 0.05) is 22.3 Å². The van der Waals surface area contributed by atoms with Crippen molar-refractivity contribution in [3.8, 4) is 23.0 Å². The molecule has 0 aromatic heterocycles. The number of aromatic hydroxyl groups is 4. The van der Waals surface area contributed by atoms with Crippen LogP contribution in [0.1, 0.15) is 43.0 Å². The summed E-state index contributed by atoms with van der Waals surface area (Å²) in [5.41, 5.74) is 3.25. The van der Waals surface area contributed by atoms with Crippen LogP contribution in [0.5, 0.6) is 23.0 Å². The number of carbonyl (C=O) groups is 2. The van der Waals surface area contributed by atoms with Gasteiger partial charge in [-0.1, -0.05) is 97.1 Å². The molecule has 0 bridgehead atoms. The highest BCUT2D eigenvalue weighted by Crippen LogP contribution is 2.44. The summed E-state index contributed by atoms with van der Waals surface area (Å²) in [6, 6.07) is 25.3. The summed E-state index contributed by atoms with van der Waals surface area (Å²) in [5, 5.41) is 49.6. The van der Waals surface area contributed by atoms with Crippen LogP contribution in [-0.2, 0) is 35.2 Å². The van der Waals surface area contributed by atoms with Crippen molar-refractivity contribution in [3.63, 3.8) is 0 Å². The average Bonchev–Trinajstić information content (AvgIpc) is 3.13. The summed E-state index contributed by atoms with van der Waals surface area (Å²) < 4.78 is 9.79. The highest BCUT2D eigenvalue weighted by atomic mass is 16.5. The molecule has 0 aliphatic heterocycles. The first-order valence-electron chi connectivity index (χ1n) is 15.9. The average molecular weight is 669 g/mol. The number of carbonyl (C=O) groups excluding carboxylic acids is 2. The van der Waals surface area contributed by atoms with Crippen LogP contribution in [-0.4, -0.2) is 46.6 Å². The first-order valence-corrected chi connectivity index (χ1v) is 15.9. The predicted molar refractivity (Wildman–Crippen MR) is 194 cm³/mol.